The third-order valence-electron chi connectivity index (χ3n) is 5.21. The van der Waals surface area contributed by atoms with E-state index in [-0.39, 0.29) is 22.0 Å². The quantitative estimate of drug-likeness (QED) is 0.356. The average molecular weight is 471 g/mol. The minimum atomic E-state index is -1.27. The number of hydrogen-bond acceptors (Lipinski definition) is 6. The minimum absolute atomic E-state index is 0.0354. The average Bonchev–Trinajstić information content (AvgIpc) is 2.84. The fourth-order valence-electron chi connectivity index (χ4n) is 3.61. The summed E-state index contributed by atoms with van der Waals surface area (Å²) in [5.74, 6) is -2.47. The molecule has 0 aliphatic carbocycles. The van der Waals surface area contributed by atoms with Gasteiger partial charge in [0.05, 0.1) is 12.5 Å². The zero-order valence-electron chi connectivity index (χ0n) is 18.1. The number of rotatable bonds is 7. The summed E-state index contributed by atoms with van der Waals surface area (Å²) in [5.41, 5.74) is -0.675. The van der Waals surface area contributed by atoms with Gasteiger partial charge in [0.1, 0.15) is 29.1 Å². The predicted molar refractivity (Wildman–Crippen MR) is 123 cm³/mol. The van der Waals surface area contributed by atoms with E-state index in [1.807, 2.05) is 12.1 Å². The van der Waals surface area contributed by atoms with Gasteiger partial charge >= 0.3 is 5.97 Å². The Morgan fingerprint density at radius 1 is 1.03 bits per heavy atom. The minimum Gasteiger partial charge on any atom is -0.505 e. The lowest BCUT2D eigenvalue weighted by Gasteiger charge is -2.18. The van der Waals surface area contributed by atoms with Crippen LogP contribution >= 0.6 is 0 Å². The molecule has 1 heterocycles. The number of benzene rings is 3. The van der Waals surface area contributed by atoms with Gasteiger partial charge in [0.2, 0.25) is 0 Å². The second kappa shape index (κ2) is 9.89. The third kappa shape index (κ3) is 5.02. The number of aliphatic carboxylic acids is 1. The van der Waals surface area contributed by atoms with Crippen LogP contribution in [0.5, 0.6) is 17.2 Å². The molecule has 0 fully saturated rings. The molecule has 174 valence electrons. The summed E-state index contributed by atoms with van der Waals surface area (Å²) in [7, 11) is 0. The van der Waals surface area contributed by atoms with Gasteiger partial charge < -0.3 is 20.3 Å². The zero-order chi connectivity index (χ0) is 24.9. The van der Waals surface area contributed by atoms with Crippen LogP contribution in [0.3, 0.4) is 0 Å². The van der Waals surface area contributed by atoms with E-state index in [1.165, 1.54) is 30.3 Å². The largest absolute Gasteiger partial charge is 0.505 e. The molecular weight excluding hydrogens is 453 g/mol. The molecular formula is C26H18FN3O5. The van der Waals surface area contributed by atoms with Crippen LogP contribution in [0.1, 0.15) is 34.2 Å². The number of aromatic hydroxyl groups is 1. The molecule has 1 aromatic heterocycles. The molecule has 0 bridgehead atoms. The first-order chi connectivity index (χ1) is 16.9. The summed E-state index contributed by atoms with van der Waals surface area (Å²) in [5, 5.41) is 32.5. The van der Waals surface area contributed by atoms with Crippen LogP contribution < -0.4 is 10.1 Å². The standard InChI is InChI=1S/C26H18FN3O5/c27-20-9-5-4-8-18(20)21(13-23(31)32)30-26(34)24-25(33)17-11-10-16(12-19(17)22(14-28)29-24)35-15-6-2-1-3-7-15/h1-12,21,33H,13H2,(H,30,34)(H,31,32). The van der Waals surface area contributed by atoms with Crippen molar-refractivity contribution in [3.05, 3.63) is 95.6 Å². The van der Waals surface area contributed by atoms with Crippen molar-refractivity contribution in [2.45, 2.75) is 12.5 Å². The van der Waals surface area contributed by atoms with Gasteiger partial charge in [0.25, 0.3) is 5.91 Å². The number of fused-ring (bicyclic) bond motifs is 1. The second-order valence-corrected chi connectivity index (χ2v) is 7.54. The molecule has 0 aliphatic rings. The van der Waals surface area contributed by atoms with Crippen molar-refractivity contribution in [1.82, 2.24) is 10.3 Å². The van der Waals surface area contributed by atoms with Crippen LogP contribution in [0, 0.1) is 17.1 Å². The number of carboxylic acid groups (broad SMARTS) is 1. The Morgan fingerprint density at radius 3 is 2.43 bits per heavy atom. The Morgan fingerprint density at radius 2 is 1.74 bits per heavy atom. The second-order valence-electron chi connectivity index (χ2n) is 7.54. The Bertz CT molecular complexity index is 1470. The monoisotopic (exact) mass is 471 g/mol. The first-order valence-corrected chi connectivity index (χ1v) is 10.4. The number of carbonyl (C=O) groups excluding carboxylic acids is 1. The highest BCUT2D eigenvalue weighted by molar-refractivity contribution is 6.03. The van der Waals surface area contributed by atoms with E-state index in [2.05, 4.69) is 10.3 Å². The number of halogens is 1. The first-order valence-electron chi connectivity index (χ1n) is 10.4. The Kier molecular flexibility index (Phi) is 6.55. The van der Waals surface area contributed by atoms with Gasteiger partial charge in [-0.25, -0.2) is 9.37 Å². The van der Waals surface area contributed by atoms with E-state index in [9.17, 15) is 29.5 Å². The molecule has 0 spiro atoms. The van der Waals surface area contributed by atoms with Gasteiger partial charge in [-0.1, -0.05) is 36.4 Å². The molecule has 4 aromatic rings. The van der Waals surface area contributed by atoms with Crippen molar-refractivity contribution in [2.24, 2.45) is 0 Å². The zero-order valence-corrected chi connectivity index (χ0v) is 18.1. The Labute approximate surface area is 198 Å². The Balaban J connectivity index is 1.70. The van der Waals surface area contributed by atoms with Crippen LogP contribution in [0.4, 0.5) is 4.39 Å². The summed E-state index contributed by atoms with van der Waals surface area (Å²) in [4.78, 5) is 28.3. The van der Waals surface area contributed by atoms with Crippen LogP contribution in [0.15, 0.2) is 72.8 Å². The van der Waals surface area contributed by atoms with Crippen LogP contribution in [-0.4, -0.2) is 27.1 Å². The molecule has 8 nitrogen and oxygen atoms in total. The topological polar surface area (TPSA) is 133 Å². The normalized spacial score (nSPS) is 11.4. The molecule has 1 amide bonds. The number of amides is 1. The first kappa shape index (κ1) is 23.2. The molecule has 1 atom stereocenters. The molecule has 1 unspecified atom stereocenters. The lowest BCUT2D eigenvalue weighted by atomic mass is 10.0. The number of hydrogen-bond donors (Lipinski definition) is 3. The third-order valence-corrected chi connectivity index (χ3v) is 5.21. The molecule has 3 aromatic carbocycles. The van der Waals surface area contributed by atoms with E-state index in [0.29, 0.717) is 11.5 Å². The van der Waals surface area contributed by atoms with Crippen LogP contribution in [-0.2, 0) is 4.79 Å². The number of nitriles is 1. The molecule has 9 heteroatoms. The number of carboxylic acids is 1. The van der Waals surface area contributed by atoms with Gasteiger partial charge in [-0.15, -0.1) is 0 Å². The smallest absolute Gasteiger partial charge is 0.305 e. The highest BCUT2D eigenvalue weighted by Crippen LogP contribution is 2.34. The maximum Gasteiger partial charge on any atom is 0.305 e. The molecule has 35 heavy (non-hydrogen) atoms. The van der Waals surface area contributed by atoms with Crippen molar-refractivity contribution in [3.8, 4) is 23.3 Å². The van der Waals surface area contributed by atoms with Crippen LogP contribution in [0.2, 0.25) is 0 Å². The lowest BCUT2D eigenvalue weighted by Crippen LogP contribution is -2.31. The number of para-hydroxylation sites is 1. The van der Waals surface area contributed by atoms with Crippen LogP contribution in [0.25, 0.3) is 10.8 Å². The number of nitrogens with zero attached hydrogens (tertiary/aromatic N) is 2. The van der Waals surface area contributed by atoms with Gasteiger partial charge in [-0.2, -0.15) is 5.26 Å². The summed E-state index contributed by atoms with van der Waals surface area (Å²) in [6.07, 6.45) is -0.605. The summed E-state index contributed by atoms with van der Waals surface area (Å²) in [6.45, 7) is 0. The molecule has 0 radical (unpaired) electrons. The van der Waals surface area contributed by atoms with E-state index in [4.69, 9.17) is 4.74 Å². The summed E-state index contributed by atoms with van der Waals surface area (Å²) >= 11 is 0. The number of ether oxygens (including phenoxy) is 1. The number of nitrogens with one attached hydrogen (secondary N) is 1. The highest BCUT2D eigenvalue weighted by atomic mass is 19.1. The van der Waals surface area contributed by atoms with Gasteiger partial charge in [-0.05, 0) is 36.4 Å². The van der Waals surface area contributed by atoms with E-state index >= 15 is 0 Å². The lowest BCUT2D eigenvalue weighted by molar-refractivity contribution is -0.137. The molecule has 3 N–H and O–H groups in total. The number of pyridine rings is 1. The molecule has 4 rings (SSSR count). The summed E-state index contributed by atoms with van der Waals surface area (Å²) in [6, 6.07) is 19.6. The van der Waals surface area contributed by atoms with Crippen molar-refractivity contribution < 1.29 is 28.9 Å². The Hall–Kier alpha value is -4.97. The van der Waals surface area contributed by atoms with Gasteiger partial charge in [-0.3, -0.25) is 9.59 Å². The number of carbonyl (C=O) groups is 2. The molecule has 0 aliphatic heterocycles. The SMILES string of the molecule is N#Cc1nc(C(=O)NC(CC(=O)O)c2ccccc2F)c(O)c2ccc(Oc3ccccc3)cc12. The van der Waals surface area contributed by atoms with Crippen molar-refractivity contribution >= 4 is 22.6 Å². The fraction of sp³-hybridized carbons (Fsp3) is 0.0769. The molecule has 0 saturated heterocycles. The maximum absolute atomic E-state index is 14.3. The van der Waals surface area contributed by atoms with Gasteiger partial charge in [0.15, 0.2) is 11.4 Å². The highest BCUT2D eigenvalue weighted by Gasteiger charge is 2.25. The maximum atomic E-state index is 14.3. The van der Waals surface area contributed by atoms with E-state index in [0.717, 1.165) is 6.07 Å². The fourth-order valence-corrected chi connectivity index (χ4v) is 3.61. The van der Waals surface area contributed by atoms with Gasteiger partial charge in [0, 0.05) is 16.3 Å². The van der Waals surface area contributed by atoms with E-state index in [1.54, 1.807) is 30.3 Å². The predicted octanol–water partition coefficient (Wildman–Crippen LogP) is 4.69. The van der Waals surface area contributed by atoms with Crippen molar-refractivity contribution in [1.29, 1.82) is 5.26 Å². The molecule has 0 saturated carbocycles. The van der Waals surface area contributed by atoms with Crippen molar-refractivity contribution in [2.75, 3.05) is 0 Å². The number of aromatic nitrogens is 1. The summed E-state index contributed by atoms with van der Waals surface area (Å²) < 4.78 is 20.0. The van der Waals surface area contributed by atoms with E-state index < -0.39 is 41.6 Å². The van der Waals surface area contributed by atoms with Crippen molar-refractivity contribution in [3.63, 3.8) is 0 Å².